The number of fused-ring (bicyclic) bond motifs is 9. The van der Waals surface area contributed by atoms with Crippen molar-refractivity contribution in [3.05, 3.63) is 133 Å². The third-order valence-electron chi connectivity index (χ3n) is 9.45. The van der Waals surface area contributed by atoms with Crippen molar-refractivity contribution in [2.24, 2.45) is 11.8 Å². The van der Waals surface area contributed by atoms with E-state index < -0.39 is 0 Å². The summed E-state index contributed by atoms with van der Waals surface area (Å²) >= 11 is 0. The van der Waals surface area contributed by atoms with E-state index in [-0.39, 0.29) is 21.1 Å². The SMILES string of the molecule is CC(C)Cc1cccc(CC(C)C)c1-c1nnc2c3[c-]c(Oc4[c-]c5c(cc4)c4ccccc4n5-c4ccccn4)cnc3c3ccccc3n12.[Pt+2]. The molecule has 4 aromatic carbocycles. The normalized spacial score (nSPS) is 11.8. The van der Waals surface area contributed by atoms with Crippen LogP contribution >= 0.6 is 0 Å². The van der Waals surface area contributed by atoms with Gasteiger partial charge in [-0.15, -0.1) is 22.6 Å². The maximum Gasteiger partial charge on any atom is 2.00 e. The number of ether oxygens (including phenoxy) is 1. The summed E-state index contributed by atoms with van der Waals surface area (Å²) in [6, 6.07) is 40.4. The van der Waals surface area contributed by atoms with Gasteiger partial charge >= 0.3 is 21.1 Å². The van der Waals surface area contributed by atoms with Gasteiger partial charge in [-0.25, -0.2) is 4.98 Å². The van der Waals surface area contributed by atoms with Crippen LogP contribution in [0.1, 0.15) is 38.8 Å². The van der Waals surface area contributed by atoms with Crippen molar-refractivity contribution in [2.45, 2.75) is 40.5 Å². The van der Waals surface area contributed by atoms with Crippen LogP contribution < -0.4 is 4.74 Å². The van der Waals surface area contributed by atoms with Crippen molar-refractivity contribution in [1.29, 1.82) is 0 Å². The molecule has 0 unspecified atom stereocenters. The van der Waals surface area contributed by atoms with Crippen LogP contribution in [-0.4, -0.2) is 29.1 Å². The first kappa shape index (κ1) is 33.7. The molecular weight excluding hydrogens is 824 g/mol. The standard InChI is InChI=1S/C44H36N6O.Pt/c1-27(2)22-29-12-11-13-30(23-28(3)4)41(29)44-48-47-43-36-24-32(26-46-42(36)35-15-6-8-17-38(35)50(43)44)51-31-19-20-34-33-14-5-7-16-37(33)49(39(34)25-31)40-18-9-10-21-45-40;/h5-21,26-28H,22-23H2,1-4H3;/q-2;+2. The van der Waals surface area contributed by atoms with Crippen molar-refractivity contribution in [2.75, 3.05) is 0 Å². The molecule has 0 N–H and O–H groups in total. The van der Waals surface area contributed by atoms with E-state index >= 15 is 0 Å². The Morgan fingerprint density at radius 2 is 1.37 bits per heavy atom. The summed E-state index contributed by atoms with van der Waals surface area (Å²) in [6.07, 6.45) is 5.44. The first-order chi connectivity index (χ1) is 24.9. The van der Waals surface area contributed by atoms with Crippen molar-refractivity contribution in [3.8, 4) is 28.7 Å². The minimum Gasteiger partial charge on any atom is -0.501 e. The van der Waals surface area contributed by atoms with Crippen LogP contribution in [0.4, 0.5) is 0 Å². The first-order valence-electron chi connectivity index (χ1n) is 17.6. The number of aromatic nitrogens is 6. The van der Waals surface area contributed by atoms with Crippen LogP contribution in [0.2, 0.25) is 0 Å². The Bertz CT molecular complexity index is 2720. The zero-order valence-corrected chi connectivity index (χ0v) is 31.6. The predicted octanol–water partition coefficient (Wildman–Crippen LogP) is 10.4. The summed E-state index contributed by atoms with van der Waals surface area (Å²) < 4.78 is 10.8. The van der Waals surface area contributed by atoms with Gasteiger partial charge in [0.1, 0.15) is 5.82 Å². The van der Waals surface area contributed by atoms with E-state index in [1.807, 2.05) is 36.4 Å². The number of nitrogens with zero attached hydrogens (tertiary/aromatic N) is 6. The summed E-state index contributed by atoms with van der Waals surface area (Å²) in [5.41, 5.74) is 8.19. The molecule has 258 valence electrons. The third-order valence-corrected chi connectivity index (χ3v) is 9.45. The monoisotopic (exact) mass is 859 g/mol. The van der Waals surface area contributed by atoms with Gasteiger partial charge in [-0.2, -0.15) is 11.2 Å². The Labute approximate surface area is 316 Å². The molecule has 0 radical (unpaired) electrons. The van der Waals surface area contributed by atoms with E-state index in [0.717, 1.165) is 68.1 Å². The number of para-hydroxylation sites is 2. The Morgan fingerprint density at radius 1 is 0.654 bits per heavy atom. The molecule has 0 bridgehead atoms. The van der Waals surface area contributed by atoms with Crippen molar-refractivity contribution in [3.63, 3.8) is 0 Å². The second kappa shape index (κ2) is 13.6. The Hall–Kier alpha value is -5.39. The van der Waals surface area contributed by atoms with Crippen molar-refractivity contribution in [1.82, 2.24) is 29.1 Å². The first-order valence-corrected chi connectivity index (χ1v) is 17.6. The van der Waals surface area contributed by atoms with Gasteiger partial charge in [0.25, 0.3) is 0 Å². The third kappa shape index (κ3) is 5.74. The van der Waals surface area contributed by atoms with Gasteiger partial charge < -0.3 is 18.7 Å². The molecule has 0 spiro atoms. The molecule has 0 saturated heterocycles. The Kier molecular flexibility index (Phi) is 8.84. The number of hydrogen-bond acceptors (Lipinski definition) is 5. The van der Waals surface area contributed by atoms with Crippen molar-refractivity contribution < 1.29 is 25.8 Å². The number of hydrogen-bond donors (Lipinski definition) is 0. The average molecular weight is 860 g/mol. The van der Waals surface area contributed by atoms with Crippen LogP contribution in [0.5, 0.6) is 11.5 Å². The molecule has 0 fully saturated rings. The minimum atomic E-state index is 0. The Morgan fingerprint density at radius 3 is 2.10 bits per heavy atom. The van der Waals surface area contributed by atoms with E-state index in [2.05, 4.69) is 114 Å². The number of rotatable bonds is 8. The van der Waals surface area contributed by atoms with Crippen molar-refractivity contribution >= 4 is 49.3 Å². The zero-order chi connectivity index (χ0) is 34.6. The maximum absolute atomic E-state index is 6.49. The molecular formula is C44H36N6OPt. The molecule has 0 aliphatic heterocycles. The quantitative estimate of drug-likeness (QED) is 0.112. The topological polar surface area (TPSA) is 70.1 Å². The minimum absolute atomic E-state index is 0. The average Bonchev–Trinajstić information content (AvgIpc) is 3.72. The smallest absolute Gasteiger partial charge is 0.501 e. The molecule has 0 amide bonds. The second-order valence-electron chi connectivity index (χ2n) is 14.0. The molecule has 0 aliphatic rings. The molecule has 8 heteroatoms. The summed E-state index contributed by atoms with van der Waals surface area (Å²) in [4.78, 5) is 9.60. The van der Waals surface area contributed by atoms with E-state index in [1.165, 1.54) is 16.7 Å². The largest absolute Gasteiger partial charge is 2.00 e. The van der Waals surface area contributed by atoms with Crippen LogP contribution in [0.3, 0.4) is 0 Å². The fourth-order valence-electron chi connectivity index (χ4n) is 7.46. The van der Waals surface area contributed by atoms with Crippen LogP contribution in [0.15, 0.2) is 109 Å². The van der Waals surface area contributed by atoms with Gasteiger partial charge in [0, 0.05) is 28.5 Å². The Balaban J connectivity index is 0.00000387. The summed E-state index contributed by atoms with van der Waals surface area (Å²) in [5, 5.41) is 13.7. The fraction of sp³-hybridized carbons (Fsp3) is 0.182. The molecule has 5 aromatic heterocycles. The van der Waals surface area contributed by atoms with Crippen LogP contribution in [-0.2, 0) is 33.9 Å². The van der Waals surface area contributed by atoms with Gasteiger partial charge in [-0.1, -0.05) is 105 Å². The molecule has 52 heavy (non-hydrogen) atoms. The van der Waals surface area contributed by atoms with E-state index in [1.54, 1.807) is 12.4 Å². The van der Waals surface area contributed by atoms with Gasteiger partial charge in [0.2, 0.25) is 0 Å². The van der Waals surface area contributed by atoms with E-state index in [9.17, 15) is 0 Å². The van der Waals surface area contributed by atoms with Crippen LogP contribution in [0, 0.1) is 24.0 Å². The summed E-state index contributed by atoms with van der Waals surface area (Å²) in [5.74, 6) is 3.68. The zero-order valence-electron chi connectivity index (χ0n) is 29.4. The number of benzene rings is 4. The molecule has 5 heterocycles. The molecule has 0 saturated carbocycles. The van der Waals surface area contributed by atoms with E-state index in [0.29, 0.717) is 29.0 Å². The predicted molar refractivity (Wildman–Crippen MR) is 205 cm³/mol. The van der Waals surface area contributed by atoms with E-state index in [4.69, 9.17) is 19.9 Å². The summed E-state index contributed by atoms with van der Waals surface area (Å²) in [7, 11) is 0. The number of pyridine rings is 3. The van der Waals surface area contributed by atoms with Crippen LogP contribution in [0.25, 0.3) is 66.5 Å². The molecule has 9 aromatic rings. The maximum atomic E-state index is 6.49. The van der Waals surface area contributed by atoms with Gasteiger partial charge in [0.05, 0.1) is 11.4 Å². The molecule has 7 nitrogen and oxygen atoms in total. The van der Waals surface area contributed by atoms with Gasteiger partial charge in [-0.3, -0.25) is 0 Å². The molecule has 0 aliphatic carbocycles. The van der Waals surface area contributed by atoms with Gasteiger partial charge in [0.15, 0.2) is 5.82 Å². The fourth-order valence-corrected chi connectivity index (χ4v) is 7.46. The van der Waals surface area contributed by atoms with Gasteiger partial charge in [-0.05, 0) is 82.6 Å². The molecule has 0 atom stereocenters. The summed E-state index contributed by atoms with van der Waals surface area (Å²) in [6.45, 7) is 9.05. The second-order valence-corrected chi connectivity index (χ2v) is 14.0. The molecule has 9 rings (SSSR count).